The summed E-state index contributed by atoms with van der Waals surface area (Å²) in [7, 11) is 0. The van der Waals surface area contributed by atoms with Crippen LogP contribution >= 0.6 is 0 Å². The zero-order valence-corrected chi connectivity index (χ0v) is 11.5. The molecule has 1 amide bonds. The van der Waals surface area contributed by atoms with Gasteiger partial charge in [-0.25, -0.2) is 0 Å². The fourth-order valence-corrected chi connectivity index (χ4v) is 1.81. The van der Waals surface area contributed by atoms with E-state index in [1.807, 2.05) is 20.8 Å². The molecule has 4 heteroatoms. The Bertz CT molecular complexity index is 248. The van der Waals surface area contributed by atoms with E-state index in [0.29, 0.717) is 0 Å². The lowest BCUT2D eigenvalue weighted by molar-refractivity contribution is -0.138. The van der Waals surface area contributed by atoms with E-state index in [0.717, 1.165) is 32.4 Å². The minimum Gasteiger partial charge on any atom is -0.365 e. The van der Waals surface area contributed by atoms with E-state index in [-0.39, 0.29) is 23.7 Å². The molecule has 100 valence electrons. The predicted octanol–water partition coefficient (Wildman–Crippen LogP) is 1.45. The molecule has 0 aromatic carbocycles. The summed E-state index contributed by atoms with van der Waals surface area (Å²) in [6.45, 7) is 9.94. The third-order valence-corrected chi connectivity index (χ3v) is 3.40. The van der Waals surface area contributed by atoms with Gasteiger partial charge in [0.15, 0.2) is 0 Å². The SMILES string of the molecule is CCC(C)(C)NC(=O)C(C)OC1CCNCC1. The Kier molecular flexibility index (Phi) is 5.40. The summed E-state index contributed by atoms with van der Waals surface area (Å²) in [5, 5.41) is 6.30. The van der Waals surface area contributed by atoms with Crippen molar-refractivity contribution in [2.45, 2.75) is 64.7 Å². The number of piperidine rings is 1. The average Bonchev–Trinajstić information content (AvgIpc) is 2.30. The van der Waals surface area contributed by atoms with Crippen LogP contribution in [0, 0.1) is 0 Å². The molecule has 17 heavy (non-hydrogen) atoms. The fourth-order valence-electron chi connectivity index (χ4n) is 1.81. The van der Waals surface area contributed by atoms with Crippen LogP contribution in [0.2, 0.25) is 0 Å². The van der Waals surface area contributed by atoms with Crippen LogP contribution in [0.5, 0.6) is 0 Å². The van der Waals surface area contributed by atoms with Gasteiger partial charge in [-0.15, -0.1) is 0 Å². The van der Waals surface area contributed by atoms with Gasteiger partial charge in [0.1, 0.15) is 6.10 Å². The molecule has 4 nitrogen and oxygen atoms in total. The summed E-state index contributed by atoms with van der Waals surface area (Å²) in [6, 6.07) is 0. The number of nitrogens with one attached hydrogen (secondary N) is 2. The summed E-state index contributed by atoms with van der Waals surface area (Å²) in [5.41, 5.74) is -0.150. The number of rotatable bonds is 5. The summed E-state index contributed by atoms with van der Waals surface area (Å²) in [4.78, 5) is 11.9. The molecule has 1 aliphatic rings. The third kappa shape index (κ3) is 5.04. The summed E-state index contributed by atoms with van der Waals surface area (Å²) < 4.78 is 5.79. The van der Waals surface area contributed by atoms with Gasteiger partial charge in [-0.05, 0) is 53.1 Å². The maximum absolute atomic E-state index is 11.9. The first-order chi connectivity index (χ1) is 7.94. The Morgan fingerprint density at radius 1 is 1.47 bits per heavy atom. The molecule has 0 aliphatic carbocycles. The van der Waals surface area contributed by atoms with Gasteiger partial charge in [-0.2, -0.15) is 0 Å². The zero-order chi connectivity index (χ0) is 12.9. The monoisotopic (exact) mass is 242 g/mol. The molecule has 0 aromatic heterocycles. The second-order valence-electron chi connectivity index (χ2n) is 5.45. The maximum atomic E-state index is 11.9. The Labute approximate surface area is 104 Å². The van der Waals surface area contributed by atoms with Crippen LogP contribution in [-0.2, 0) is 9.53 Å². The molecule has 0 spiro atoms. The summed E-state index contributed by atoms with van der Waals surface area (Å²) in [5.74, 6) is -0.00428. The van der Waals surface area contributed by atoms with Gasteiger partial charge in [0.2, 0.25) is 5.91 Å². The highest BCUT2D eigenvalue weighted by Gasteiger charge is 2.25. The lowest BCUT2D eigenvalue weighted by atomic mass is 10.0. The standard InChI is InChI=1S/C13H26N2O2/c1-5-13(3,4)15-12(16)10(2)17-11-6-8-14-9-7-11/h10-11,14H,5-9H2,1-4H3,(H,15,16). The molecule has 0 saturated carbocycles. The fraction of sp³-hybridized carbons (Fsp3) is 0.923. The van der Waals surface area contributed by atoms with E-state index in [2.05, 4.69) is 17.6 Å². The van der Waals surface area contributed by atoms with Crippen molar-refractivity contribution in [1.82, 2.24) is 10.6 Å². The number of amides is 1. The largest absolute Gasteiger partial charge is 0.365 e. The molecule has 1 heterocycles. The summed E-state index contributed by atoms with van der Waals surface area (Å²) >= 11 is 0. The van der Waals surface area contributed by atoms with Gasteiger partial charge in [0.05, 0.1) is 6.10 Å². The van der Waals surface area contributed by atoms with Crippen molar-refractivity contribution in [3.63, 3.8) is 0 Å². The molecule has 2 N–H and O–H groups in total. The average molecular weight is 242 g/mol. The van der Waals surface area contributed by atoms with Crippen LogP contribution in [0.4, 0.5) is 0 Å². The van der Waals surface area contributed by atoms with Crippen molar-refractivity contribution in [1.29, 1.82) is 0 Å². The lowest BCUT2D eigenvalue weighted by Crippen LogP contribution is -2.48. The maximum Gasteiger partial charge on any atom is 0.249 e. The first-order valence-corrected chi connectivity index (χ1v) is 6.63. The van der Waals surface area contributed by atoms with Gasteiger partial charge in [-0.3, -0.25) is 4.79 Å². The van der Waals surface area contributed by atoms with Gasteiger partial charge in [0.25, 0.3) is 0 Å². The van der Waals surface area contributed by atoms with E-state index in [4.69, 9.17) is 4.74 Å². The Morgan fingerprint density at radius 3 is 2.59 bits per heavy atom. The van der Waals surface area contributed by atoms with Crippen LogP contribution in [0.15, 0.2) is 0 Å². The molecule has 1 fully saturated rings. The van der Waals surface area contributed by atoms with Crippen molar-refractivity contribution < 1.29 is 9.53 Å². The molecular formula is C13H26N2O2. The van der Waals surface area contributed by atoms with E-state index in [9.17, 15) is 4.79 Å². The highest BCUT2D eigenvalue weighted by Crippen LogP contribution is 2.12. The van der Waals surface area contributed by atoms with Gasteiger partial charge < -0.3 is 15.4 Å². The number of hydrogen-bond donors (Lipinski definition) is 2. The number of carbonyl (C=O) groups is 1. The van der Waals surface area contributed by atoms with Crippen LogP contribution in [0.3, 0.4) is 0 Å². The molecule has 1 rings (SSSR count). The van der Waals surface area contributed by atoms with Crippen molar-refractivity contribution >= 4 is 5.91 Å². The highest BCUT2D eigenvalue weighted by atomic mass is 16.5. The van der Waals surface area contributed by atoms with Crippen molar-refractivity contribution in [2.75, 3.05) is 13.1 Å². The Morgan fingerprint density at radius 2 is 2.06 bits per heavy atom. The van der Waals surface area contributed by atoms with Crippen molar-refractivity contribution in [2.24, 2.45) is 0 Å². The van der Waals surface area contributed by atoms with Crippen molar-refractivity contribution in [3.05, 3.63) is 0 Å². The molecule has 1 unspecified atom stereocenters. The Hall–Kier alpha value is -0.610. The second-order valence-corrected chi connectivity index (χ2v) is 5.45. The quantitative estimate of drug-likeness (QED) is 0.767. The van der Waals surface area contributed by atoms with Gasteiger partial charge in [-0.1, -0.05) is 6.92 Å². The van der Waals surface area contributed by atoms with E-state index >= 15 is 0 Å². The van der Waals surface area contributed by atoms with Gasteiger partial charge in [0, 0.05) is 5.54 Å². The third-order valence-electron chi connectivity index (χ3n) is 3.40. The number of hydrogen-bond acceptors (Lipinski definition) is 3. The predicted molar refractivity (Wildman–Crippen MR) is 69.0 cm³/mol. The minimum absolute atomic E-state index is 0.00428. The normalized spacial score (nSPS) is 20.0. The second kappa shape index (κ2) is 6.36. The van der Waals surface area contributed by atoms with Gasteiger partial charge >= 0.3 is 0 Å². The first kappa shape index (κ1) is 14.5. The van der Waals surface area contributed by atoms with Crippen LogP contribution in [-0.4, -0.2) is 36.7 Å². The van der Waals surface area contributed by atoms with E-state index in [1.165, 1.54) is 0 Å². The summed E-state index contributed by atoms with van der Waals surface area (Å²) in [6.07, 6.45) is 2.77. The zero-order valence-electron chi connectivity index (χ0n) is 11.5. The van der Waals surface area contributed by atoms with Crippen LogP contribution in [0.1, 0.15) is 47.0 Å². The smallest absolute Gasteiger partial charge is 0.249 e. The molecule has 0 bridgehead atoms. The molecule has 1 saturated heterocycles. The Balaban J connectivity index is 2.35. The van der Waals surface area contributed by atoms with E-state index < -0.39 is 0 Å². The minimum atomic E-state index is -0.357. The molecule has 0 aromatic rings. The molecule has 1 atom stereocenters. The number of carbonyl (C=O) groups excluding carboxylic acids is 1. The van der Waals surface area contributed by atoms with Crippen LogP contribution < -0.4 is 10.6 Å². The molecule has 1 aliphatic heterocycles. The lowest BCUT2D eigenvalue weighted by Gasteiger charge is -2.29. The van der Waals surface area contributed by atoms with E-state index in [1.54, 1.807) is 0 Å². The highest BCUT2D eigenvalue weighted by molar-refractivity contribution is 5.81. The molecular weight excluding hydrogens is 216 g/mol. The molecule has 0 radical (unpaired) electrons. The van der Waals surface area contributed by atoms with Crippen molar-refractivity contribution in [3.8, 4) is 0 Å². The topological polar surface area (TPSA) is 50.4 Å². The van der Waals surface area contributed by atoms with Crippen LogP contribution in [0.25, 0.3) is 0 Å². The number of ether oxygens (including phenoxy) is 1. The first-order valence-electron chi connectivity index (χ1n) is 6.63.